The van der Waals surface area contributed by atoms with E-state index in [2.05, 4.69) is 27.8 Å². The van der Waals surface area contributed by atoms with Crippen LogP contribution in [-0.2, 0) is 11.3 Å². The Labute approximate surface area is 161 Å². The molecule has 1 aliphatic rings. The van der Waals surface area contributed by atoms with E-state index in [1.807, 2.05) is 24.5 Å². The Bertz CT molecular complexity index is 837. The highest BCUT2D eigenvalue weighted by Crippen LogP contribution is 2.28. The van der Waals surface area contributed by atoms with Crippen LogP contribution in [0.3, 0.4) is 0 Å². The highest BCUT2D eigenvalue weighted by Gasteiger charge is 2.31. The van der Waals surface area contributed by atoms with E-state index in [9.17, 15) is 9.59 Å². The first kappa shape index (κ1) is 18.8. The van der Waals surface area contributed by atoms with Crippen molar-refractivity contribution in [2.45, 2.75) is 39.3 Å². The summed E-state index contributed by atoms with van der Waals surface area (Å²) in [6.45, 7) is 9.29. The van der Waals surface area contributed by atoms with Gasteiger partial charge in [-0.05, 0) is 42.6 Å². The van der Waals surface area contributed by atoms with E-state index in [1.54, 1.807) is 17.0 Å². The number of hydrogen-bond acceptors (Lipinski definition) is 3. The first-order valence-corrected chi connectivity index (χ1v) is 9.69. The van der Waals surface area contributed by atoms with Crippen LogP contribution in [0.5, 0.6) is 0 Å². The molecule has 3 heterocycles. The summed E-state index contributed by atoms with van der Waals surface area (Å²) >= 11 is 3.32. The summed E-state index contributed by atoms with van der Waals surface area (Å²) in [7, 11) is 0. The van der Waals surface area contributed by atoms with Gasteiger partial charge in [0.15, 0.2) is 10.3 Å². The van der Waals surface area contributed by atoms with Crippen LogP contribution in [0.4, 0.5) is 0 Å². The van der Waals surface area contributed by atoms with E-state index >= 15 is 0 Å². The average molecular weight is 422 g/mol. The van der Waals surface area contributed by atoms with Gasteiger partial charge in [-0.15, -0.1) is 6.58 Å². The Morgan fingerprint density at radius 2 is 2.23 bits per heavy atom. The molecule has 1 unspecified atom stereocenters. The Kier molecular flexibility index (Phi) is 5.55. The fourth-order valence-electron chi connectivity index (χ4n) is 3.45. The van der Waals surface area contributed by atoms with Crippen LogP contribution >= 0.6 is 15.9 Å². The fourth-order valence-corrected chi connectivity index (χ4v) is 3.85. The molecule has 1 N–H and O–H groups in total. The monoisotopic (exact) mass is 421 g/mol. The molecule has 0 bridgehead atoms. The number of likely N-dealkylation sites (tertiary alicyclic amines) is 1. The molecule has 0 saturated carbocycles. The number of carbonyl (C=O) groups excluding carboxylic acids is 2. The third-order valence-corrected chi connectivity index (χ3v) is 4.99. The summed E-state index contributed by atoms with van der Waals surface area (Å²) in [5.74, 6) is -0.205. The van der Waals surface area contributed by atoms with E-state index in [4.69, 9.17) is 4.42 Å². The van der Waals surface area contributed by atoms with Gasteiger partial charge in [-0.1, -0.05) is 6.08 Å². The van der Waals surface area contributed by atoms with Crippen molar-refractivity contribution in [2.24, 2.45) is 5.92 Å². The Hall–Kier alpha value is -2.02. The number of piperidine rings is 1. The molecule has 1 atom stereocenters. The maximum atomic E-state index is 13.1. The summed E-state index contributed by atoms with van der Waals surface area (Å²) in [5.41, 5.74) is 2.08. The Morgan fingerprint density at radius 1 is 1.46 bits per heavy atom. The summed E-state index contributed by atoms with van der Waals surface area (Å²) in [5, 5.41) is 2.95. The largest absolute Gasteiger partial charge is 0.448 e. The van der Waals surface area contributed by atoms with Gasteiger partial charge in [-0.25, -0.2) is 0 Å². The lowest BCUT2D eigenvalue weighted by Gasteiger charge is -2.32. The maximum absolute atomic E-state index is 13.1. The molecule has 3 rings (SSSR count). The predicted molar refractivity (Wildman–Crippen MR) is 104 cm³/mol. The van der Waals surface area contributed by atoms with Gasteiger partial charge in [0.2, 0.25) is 5.91 Å². The number of aromatic nitrogens is 1. The molecule has 1 fully saturated rings. The number of furan rings is 1. The molecule has 6 nitrogen and oxygen atoms in total. The summed E-state index contributed by atoms with van der Waals surface area (Å²) in [6.07, 6.45) is 3.39. The number of carbonyl (C=O) groups is 2. The second kappa shape index (κ2) is 7.70. The lowest BCUT2D eigenvalue weighted by Crippen LogP contribution is -2.47. The van der Waals surface area contributed by atoms with Crippen molar-refractivity contribution in [3.8, 4) is 0 Å². The predicted octanol–water partition coefficient (Wildman–Crippen LogP) is 3.56. The summed E-state index contributed by atoms with van der Waals surface area (Å²) < 4.78 is 8.13. The molecule has 2 amide bonds. The zero-order chi connectivity index (χ0) is 18.8. The van der Waals surface area contributed by atoms with Crippen molar-refractivity contribution in [1.29, 1.82) is 0 Å². The van der Waals surface area contributed by atoms with E-state index in [-0.39, 0.29) is 23.8 Å². The summed E-state index contributed by atoms with van der Waals surface area (Å²) in [6, 6.07) is 3.72. The molecule has 2 aromatic heterocycles. The first-order chi connectivity index (χ1) is 12.4. The fraction of sp³-hybridized carbons (Fsp3) is 0.474. The van der Waals surface area contributed by atoms with E-state index in [1.165, 1.54) is 0 Å². The standard InChI is InChI=1S/C19H24BrN3O3/c1-4-7-23-14-10-17(20)26-16(14)9-15(23)19(25)22-8-5-6-13(11-22)18(24)21-12(2)3/h4,9-10,12-13H,1,5-8,11H2,2-3H3,(H,21,24). The van der Waals surface area contributed by atoms with E-state index < -0.39 is 0 Å². The molecule has 0 aliphatic carbocycles. The zero-order valence-corrected chi connectivity index (χ0v) is 16.7. The van der Waals surface area contributed by atoms with Crippen molar-refractivity contribution in [3.63, 3.8) is 0 Å². The molecule has 1 saturated heterocycles. The molecule has 0 spiro atoms. The highest BCUT2D eigenvalue weighted by atomic mass is 79.9. The van der Waals surface area contributed by atoms with Crippen LogP contribution in [0.2, 0.25) is 0 Å². The van der Waals surface area contributed by atoms with Gasteiger partial charge < -0.3 is 19.2 Å². The van der Waals surface area contributed by atoms with Crippen LogP contribution in [0.15, 0.2) is 33.9 Å². The highest BCUT2D eigenvalue weighted by molar-refractivity contribution is 9.10. The molecular formula is C19H24BrN3O3. The number of halogens is 1. The van der Waals surface area contributed by atoms with Crippen molar-refractivity contribution < 1.29 is 14.0 Å². The molecule has 26 heavy (non-hydrogen) atoms. The molecular weight excluding hydrogens is 398 g/mol. The number of nitrogens with zero attached hydrogens (tertiary/aromatic N) is 2. The summed E-state index contributed by atoms with van der Waals surface area (Å²) in [4.78, 5) is 27.2. The van der Waals surface area contributed by atoms with Gasteiger partial charge in [-0.3, -0.25) is 9.59 Å². The maximum Gasteiger partial charge on any atom is 0.270 e. The minimum Gasteiger partial charge on any atom is -0.448 e. The lowest BCUT2D eigenvalue weighted by molar-refractivity contribution is -0.126. The topological polar surface area (TPSA) is 67.5 Å². The quantitative estimate of drug-likeness (QED) is 0.750. The van der Waals surface area contributed by atoms with Crippen LogP contribution in [0.25, 0.3) is 11.1 Å². The van der Waals surface area contributed by atoms with Crippen molar-refractivity contribution in [3.05, 3.63) is 35.2 Å². The molecule has 0 aromatic carbocycles. The van der Waals surface area contributed by atoms with Crippen molar-refractivity contribution in [1.82, 2.24) is 14.8 Å². The normalized spacial score (nSPS) is 17.7. The van der Waals surface area contributed by atoms with Crippen LogP contribution in [0.1, 0.15) is 37.2 Å². The smallest absolute Gasteiger partial charge is 0.270 e. The molecule has 2 aromatic rings. The average Bonchev–Trinajstić information content (AvgIpc) is 3.11. The number of nitrogens with one attached hydrogen (secondary N) is 1. The zero-order valence-electron chi connectivity index (χ0n) is 15.1. The van der Waals surface area contributed by atoms with Crippen LogP contribution in [0, 0.1) is 5.92 Å². The number of rotatable bonds is 5. The van der Waals surface area contributed by atoms with Gasteiger partial charge >= 0.3 is 0 Å². The number of hydrogen-bond donors (Lipinski definition) is 1. The minimum absolute atomic E-state index is 0.0247. The lowest BCUT2D eigenvalue weighted by atomic mass is 9.96. The SMILES string of the molecule is C=CCn1c(C(=O)N2CCCC(C(=O)NC(C)C)C2)cc2oc(Br)cc21. The van der Waals surface area contributed by atoms with Gasteiger partial charge in [0.05, 0.1) is 11.4 Å². The Morgan fingerprint density at radius 3 is 2.92 bits per heavy atom. The van der Waals surface area contributed by atoms with E-state index in [0.717, 1.165) is 18.4 Å². The van der Waals surface area contributed by atoms with Crippen molar-refractivity contribution >= 4 is 38.8 Å². The number of amides is 2. The number of allylic oxidation sites excluding steroid dienone is 1. The van der Waals surface area contributed by atoms with E-state index in [0.29, 0.717) is 35.6 Å². The first-order valence-electron chi connectivity index (χ1n) is 8.89. The third-order valence-electron chi connectivity index (χ3n) is 4.60. The van der Waals surface area contributed by atoms with Crippen LogP contribution < -0.4 is 5.32 Å². The van der Waals surface area contributed by atoms with Gasteiger partial charge in [0, 0.05) is 37.8 Å². The van der Waals surface area contributed by atoms with Crippen molar-refractivity contribution in [2.75, 3.05) is 13.1 Å². The Balaban J connectivity index is 1.83. The third kappa shape index (κ3) is 3.72. The second-order valence-electron chi connectivity index (χ2n) is 6.98. The van der Waals surface area contributed by atoms with Gasteiger partial charge in [0.25, 0.3) is 5.91 Å². The van der Waals surface area contributed by atoms with Gasteiger partial charge in [-0.2, -0.15) is 0 Å². The van der Waals surface area contributed by atoms with Gasteiger partial charge in [0.1, 0.15) is 5.69 Å². The number of fused-ring (bicyclic) bond motifs is 1. The minimum atomic E-state index is -0.157. The molecule has 140 valence electrons. The molecule has 7 heteroatoms. The molecule has 1 aliphatic heterocycles. The van der Waals surface area contributed by atoms with Crippen LogP contribution in [-0.4, -0.2) is 40.4 Å². The molecule has 0 radical (unpaired) electrons. The second-order valence-corrected chi connectivity index (χ2v) is 7.76.